The number of alkyl halides is 6. The van der Waals surface area contributed by atoms with Gasteiger partial charge in [0.25, 0.3) is 0 Å². The fraction of sp³-hybridized carbons (Fsp3) is 0.714. The molecule has 0 rings (SSSR count). The van der Waals surface area contributed by atoms with Gasteiger partial charge in [-0.2, -0.15) is 26.3 Å². The number of ether oxygens (including phenoxy) is 2. The molecule has 1 atom stereocenters. The van der Waals surface area contributed by atoms with E-state index in [1.165, 1.54) is 0 Å². The Morgan fingerprint density at radius 3 is 1.76 bits per heavy atom. The molecule has 0 aliphatic carbocycles. The molecular weight excluding hydrogens is 262 g/mol. The van der Waals surface area contributed by atoms with Crippen molar-refractivity contribution in [2.45, 2.75) is 25.4 Å². The number of carbonyl (C=O) groups excluding carboxylic acids is 2. The molecule has 4 nitrogen and oxygen atoms in total. The predicted octanol–water partition coefficient (Wildman–Crippen LogP) is 1.59. The maximum absolute atomic E-state index is 11.6. The molecule has 0 spiro atoms. The number of halogens is 6. The zero-order valence-electron chi connectivity index (χ0n) is 8.19. The van der Waals surface area contributed by atoms with Gasteiger partial charge in [0.15, 0.2) is 0 Å². The molecule has 0 aromatic heterocycles. The van der Waals surface area contributed by atoms with E-state index in [2.05, 4.69) is 9.47 Å². The highest BCUT2D eigenvalue weighted by atomic mass is 19.4. The van der Waals surface area contributed by atoms with Crippen LogP contribution in [0.5, 0.6) is 0 Å². The first-order valence-corrected chi connectivity index (χ1v) is 3.96. The SMILES string of the molecule is CC(COC(=O)C(F)(F)F)OC(=O)C(F)(F)F. The van der Waals surface area contributed by atoms with Gasteiger partial charge in [-0.15, -0.1) is 0 Å². The first kappa shape index (κ1) is 15.5. The number of hydrogen-bond acceptors (Lipinski definition) is 4. The van der Waals surface area contributed by atoms with Gasteiger partial charge in [-0.3, -0.25) is 0 Å². The Kier molecular flexibility index (Phi) is 4.78. The second kappa shape index (κ2) is 5.23. The molecule has 0 N–H and O–H groups in total. The first-order valence-electron chi connectivity index (χ1n) is 3.96. The molecule has 0 aliphatic rings. The average Bonchev–Trinajstić information content (AvgIpc) is 2.10. The zero-order valence-corrected chi connectivity index (χ0v) is 8.19. The molecular formula is C7H6F6O4. The van der Waals surface area contributed by atoms with Crippen molar-refractivity contribution in [3.63, 3.8) is 0 Å². The minimum Gasteiger partial charge on any atom is -0.455 e. The Bertz CT molecular complexity index is 294. The van der Waals surface area contributed by atoms with Gasteiger partial charge < -0.3 is 9.47 Å². The first-order chi connectivity index (χ1) is 7.44. The summed E-state index contributed by atoms with van der Waals surface area (Å²) in [6.07, 6.45) is -12.2. The second-order valence-corrected chi connectivity index (χ2v) is 2.81. The van der Waals surface area contributed by atoms with Crippen LogP contribution < -0.4 is 0 Å². The van der Waals surface area contributed by atoms with E-state index in [0.29, 0.717) is 0 Å². The van der Waals surface area contributed by atoms with Crippen LogP contribution in [0, 0.1) is 0 Å². The summed E-state index contributed by atoms with van der Waals surface area (Å²) in [6.45, 7) is -0.284. The van der Waals surface area contributed by atoms with Crippen molar-refractivity contribution >= 4 is 11.9 Å². The Morgan fingerprint density at radius 1 is 1.00 bits per heavy atom. The molecule has 0 aliphatic heterocycles. The number of carbonyl (C=O) groups is 2. The van der Waals surface area contributed by atoms with Gasteiger partial charge in [0, 0.05) is 0 Å². The van der Waals surface area contributed by atoms with Gasteiger partial charge in [-0.25, -0.2) is 9.59 Å². The van der Waals surface area contributed by atoms with Gasteiger partial charge in [-0.05, 0) is 6.92 Å². The highest BCUT2D eigenvalue weighted by molar-refractivity contribution is 5.76. The lowest BCUT2D eigenvalue weighted by Crippen LogP contribution is -2.33. The van der Waals surface area contributed by atoms with E-state index in [-0.39, 0.29) is 0 Å². The summed E-state index contributed by atoms with van der Waals surface area (Å²) in [7, 11) is 0. The zero-order chi connectivity index (χ0) is 13.9. The van der Waals surface area contributed by atoms with E-state index in [0.717, 1.165) is 6.92 Å². The molecule has 0 aromatic rings. The van der Waals surface area contributed by atoms with Crippen LogP contribution in [0.2, 0.25) is 0 Å². The van der Waals surface area contributed by atoms with Crippen molar-refractivity contribution in [1.82, 2.24) is 0 Å². The van der Waals surface area contributed by atoms with Crippen LogP contribution in [0.1, 0.15) is 6.92 Å². The normalized spacial score (nSPS) is 14.1. The quantitative estimate of drug-likeness (QED) is 0.576. The molecule has 17 heavy (non-hydrogen) atoms. The lowest BCUT2D eigenvalue weighted by Gasteiger charge is -2.15. The van der Waals surface area contributed by atoms with E-state index < -0.39 is 37.0 Å². The number of esters is 2. The van der Waals surface area contributed by atoms with Crippen LogP contribution in [-0.2, 0) is 19.1 Å². The average molecular weight is 268 g/mol. The van der Waals surface area contributed by atoms with Gasteiger partial charge in [0.05, 0.1) is 0 Å². The minimum absolute atomic E-state index is 0.841. The van der Waals surface area contributed by atoms with Crippen molar-refractivity contribution in [2.75, 3.05) is 6.61 Å². The van der Waals surface area contributed by atoms with Crippen LogP contribution in [0.4, 0.5) is 26.3 Å². The molecule has 0 fully saturated rings. The van der Waals surface area contributed by atoms with Crippen LogP contribution in [0.25, 0.3) is 0 Å². The standard InChI is InChI=1S/C7H6F6O4/c1-3(17-5(15)7(11,12)13)2-16-4(14)6(8,9)10/h3H,2H2,1H3. The molecule has 0 saturated heterocycles. The Hall–Kier alpha value is -1.48. The predicted molar refractivity (Wildman–Crippen MR) is 38.6 cm³/mol. The Labute approximate surface area is 90.5 Å². The fourth-order valence-electron chi connectivity index (χ4n) is 0.558. The van der Waals surface area contributed by atoms with Crippen LogP contribution in [0.15, 0.2) is 0 Å². The maximum Gasteiger partial charge on any atom is 0.490 e. The largest absolute Gasteiger partial charge is 0.490 e. The van der Waals surface area contributed by atoms with E-state index in [1.54, 1.807) is 0 Å². The van der Waals surface area contributed by atoms with Crippen LogP contribution in [0.3, 0.4) is 0 Å². The van der Waals surface area contributed by atoms with E-state index in [4.69, 9.17) is 0 Å². The molecule has 100 valence electrons. The highest BCUT2D eigenvalue weighted by Crippen LogP contribution is 2.19. The molecule has 0 saturated carbocycles. The van der Waals surface area contributed by atoms with Crippen LogP contribution in [-0.4, -0.2) is 37.0 Å². The highest BCUT2D eigenvalue weighted by Gasteiger charge is 2.43. The molecule has 0 aromatic carbocycles. The van der Waals surface area contributed by atoms with Crippen molar-refractivity contribution in [3.05, 3.63) is 0 Å². The summed E-state index contributed by atoms with van der Waals surface area (Å²) in [5.74, 6) is -5.15. The molecule has 1 unspecified atom stereocenters. The molecule has 0 radical (unpaired) electrons. The maximum atomic E-state index is 11.6. The van der Waals surface area contributed by atoms with Crippen molar-refractivity contribution in [3.8, 4) is 0 Å². The Morgan fingerprint density at radius 2 is 1.41 bits per heavy atom. The summed E-state index contributed by atoms with van der Waals surface area (Å²) in [6, 6.07) is 0. The van der Waals surface area contributed by atoms with Gasteiger partial charge in [-0.1, -0.05) is 0 Å². The molecule has 0 heterocycles. The van der Waals surface area contributed by atoms with E-state index in [1.807, 2.05) is 0 Å². The monoisotopic (exact) mass is 268 g/mol. The molecule has 10 heteroatoms. The van der Waals surface area contributed by atoms with Crippen molar-refractivity contribution in [2.24, 2.45) is 0 Å². The third-order valence-corrected chi connectivity index (χ3v) is 1.22. The summed E-state index contributed by atoms with van der Waals surface area (Å²) >= 11 is 0. The van der Waals surface area contributed by atoms with Gasteiger partial charge in [0.2, 0.25) is 0 Å². The summed E-state index contributed by atoms with van der Waals surface area (Å²) in [5.41, 5.74) is 0. The van der Waals surface area contributed by atoms with Gasteiger partial charge in [0.1, 0.15) is 12.7 Å². The summed E-state index contributed by atoms with van der Waals surface area (Å²) in [5, 5.41) is 0. The van der Waals surface area contributed by atoms with Crippen molar-refractivity contribution in [1.29, 1.82) is 0 Å². The number of hydrogen-bond donors (Lipinski definition) is 0. The molecule has 0 bridgehead atoms. The third kappa shape index (κ3) is 5.97. The second-order valence-electron chi connectivity index (χ2n) is 2.81. The minimum atomic E-state index is -5.26. The van der Waals surface area contributed by atoms with Gasteiger partial charge >= 0.3 is 24.3 Å². The lowest BCUT2D eigenvalue weighted by atomic mass is 10.4. The fourth-order valence-corrected chi connectivity index (χ4v) is 0.558. The van der Waals surface area contributed by atoms with Crippen molar-refractivity contribution < 1.29 is 45.4 Å². The summed E-state index contributed by atoms with van der Waals surface area (Å²) in [4.78, 5) is 20.3. The third-order valence-electron chi connectivity index (χ3n) is 1.22. The van der Waals surface area contributed by atoms with Crippen LogP contribution >= 0.6 is 0 Å². The number of rotatable bonds is 3. The lowest BCUT2D eigenvalue weighted by molar-refractivity contribution is -0.212. The Balaban J connectivity index is 4.10. The van der Waals surface area contributed by atoms with E-state index >= 15 is 0 Å². The molecule has 0 amide bonds. The topological polar surface area (TPSA) is 52.6 Å². The smallest absolute Gasteiger partial charge is 0.455 e. The van der Waals surface area contributed by atoms with E-state index in [9.17, 15) is 35.9 Å². The summed E-state index contributed by atoms with van der Waals surface area (Å²) < 4.78 is 76.9.